The fourth-order valence-corrected chi connectivity index (χ4v) is 3.80. The lowest BCUT2D eigenvalue weighted by atomic mass is 9.94. The second kappa shape index (κ2) is 8.22. The Kier molecular flexibility index (Phi) is 5.34. The van der Waals surface area contributed by atoms with Gasteiger partial charge in [0.1, 0.15) is 5.69 Å². The summed E-state index contributed by atoms with van der Waals surface area (Å²) in [5, 5.41) is 5.99. The number of hydrogen-bond acceptors (Lipinski definition) is 7. The molecule has 1 amide bonds. The molecule has 8 heteroatoms. The van der Waals surface area contributed by atoms with Gasteiger partial charge in [0, 0.05) is 42.9 Å². The average Bonchev–Trinajstić information content (AvgIpc) is 3.39. The Hall–Kier alpha value is -2.87. The van der Waals surface area contributed by atoms with Gasteiger partial charge in [-0.15, -0.1) is 11.3 Å². The van der Waals surface area contributed by atoms with Crippen molar-refractivity contribution in [2.24, 2.45) is 5.92 Å². The van der Waals surface area contributed by atoms with Gasteiger partial charge in [0.05, 0.1) is 6.20 Å². The number of rotatable bonds is 5. The first-order valence-corrected chi connectivity index (χ1v) is 9.75. The predicted octanol–water partition coefficient (Wildman–Crippen LogP) is 3.08. The topological polar surface area (TPSA) is 85.0 Å². The minimum atomic E-state index is 0.0545. The summed E-state index contributed by atoms with van der Waals surface area (Å²) in [5.74, 6) is 1.39. The molecule has 3 aromatic heterocycles. The van der Waals surface area contributed by atoms with Gasteiger partial charge in [0.25, 0.3) is 0 Å². The summed E-state index contributed by atoms with van der Waals surface area (Å²) in [7, 11) is 0. The minimum Gasteiger partial charge on any atom is -0.339 e. The van der Waals surface area contributed by atoms with Gasteiger partial charge in [-0.3, -0.25) is 9.78 Å². The Morgan fingerprint density at radius 2 is 2.37 bits per heavy atom. The molecule has 27 heavy (non-hydrogen) atoms. The first kappa shape index (κ1) is 17.5. The molecule has 0 aliphatic carbocycles. The van der Waals surface area contributed by atoms with Crippen LogP contribution in [0, 0.1) is 5.92 Å². The number of amides is 1. The van der Waals surface area contributed by atoms with Crippen molar-refractivity contribution in [2.45, 2.75) is 19.3 Å². The fraction of sp³-hybridized carbons (Fsp3) is 0.316. The quantitative estimate of drug-likeness (QED) is 0.632. The smallest absolute Gasteiger partial charge is 0.246 e. The van der Waals surface area contributed by atoms with Crippen LogP contribution in [0.1, 0.15) is 23.6 Å². The molecule has 0 aromatic carbocycles. The van der Waals surface area contributed by atoms with Crippen molar-refractivity contribution in [3.05, 3.63) is 52.9 Å². The lowest BCUT2D eigenvalue weighted by Gasteiger charge is -2.31. The summed E-state index contributed by atoms with van der Waals surface area (Å²) in [5.41, 5.74) is 0.590. The molecule has 0 radical (unpaired) electrons. The van der Waals surface area contributed by atoms with Gasteiger partial charge in [-0.2, -0.15) is 4.98 Å². The summed E-state index contributed by atoms with van der Waals surface area (Å²) in [6.07, 6.45) is 11.0. The van der Waals surface area contributed by atoms with E-state index < -0.39 is 0 Å². The monoisotopic (exact) mass is 381 g/mol. The molecule has 0 bridgehead atoms. The van der Waals surface area contributed by atoms with Crippen molar-refractivity contribution in [3.63, 3.8) is 0 Å². The van der Waals surface area contributed by atoms with Gasteiger partial charge < -0.3 is 9.42 Å². The van der Waals surface area contributed by atoms with Crippen molar-refractivity contribution in [1.82, 2.24) is 25.0 Å². The molecule has 1 unspecified atom stereocenters. The highest BCUT2D eigenvalue weighted by atomic mass is 32.1. The van der Waals surface area contributed by atoms with Crippen LogP contribution in [0.4, 0.5) is 0 Å². The molecule has 0 saturated carbocycles. The van der Waals surface area contributed by atoms with Gasteiger partial charge in [0.2, 0.25) is 17.6 Å². The molecular weight excluding hydrogens is 362 g/mol. The Morgan fingerprint density at radius 1 is 1.41 bits per heavy atom. The summed E-state index contributed by atoms with van der Waals surface area (Å²) in [6.45, 7) is 1.50. The van der Waals surface area contributed by atoms with E-state index in [1.807, 2.05) is 28.5 Å². The summed E-state index contributed by atoms with van der Waals surface area (Å²) in [4.78, 5) is 28.1. The largest absolute Gasteiger partial charge is 0.339 e. The molecule has 4 rings (SSSR count). The van der Waals surface area contributed by atoms with Crippen LogP contribution in [-0.4, -0.2) is 44.0 Å². The molecule has 1 saturated heterocycles. The lowest BCUT2D eigenvalue weighted by molar-refractivity contribution is -0.127. The maximum absolute atomic E-state index is 12.5. The predicted molar refractivity (Wildman–Crippen MR) is 102 cm³/mol. The third-order valence-corrected chi connectivity index (χ3v) is 5.33. The van der Waals surface area contributed by atoms with E-state index in [0.717, 1.165) is 24.3 Å². The highest BCUT2D eigenvalue weighted by Gasteiger charge is 2.24. The van der Waals surface area contributed by atoms with Crippen LogP contribution in [0.3, 0.4) is 0 Å². The van der Waals surface area contributed by atoms with Crippen LogP contribution in [0.15, 0.2) is 46.7 Å². The number of carbonyl (C=O) groups is 1. The van der Waals surface area contributed by atoms with Gasteiger partial charge in [-0.25, -0.2) is 4.98 Å². The second-order valence-corrected chi connectivity index (χ2v) is 7.43. The highest BCUT2D eigenvalue weighted by Crippen LogP contribution is 2.22. The lowest BCUT2D eigenvalue weighted by Crippen LogP contribution is -2.39. The molecule has 1 aliphatic rings. The maximum Gasteiger partial charge on any atom is 0.246 e. The molecule has 4 heterocycles. The molecule has 7 nitrogen and oxygen atoms in total. The maximum atomic E-state index is 12.5. The Balaban J connectivity index is 1.36. The molecule has 0 spiro atoms. The number of thiophene rings is 1. The molecule has 1 fully saturated rings. The zero-order valence-corrected chi connectivity index (χ0v) is 15.5. The summed E-state index contributed by atoms with van der Waals surface area (Å²) in [6, 6.07) is 3.98. The third-order valence-electron chi connectivity index (χ3n) is 4.49. The zero-order chi connectivity index (χ0) is 18.5. The number of likely N-dealkylation sites (tertiary alicyclic amines) is 1. The molecule has 3 aromatic rings. The van der Waals surface area contributed by atoms with Gasteiger partial charge in [-0.1, -0.05) is 11.2 Å². The number of piperidine rings is 1. The fourth-order valence-electron chi connectivity index (χ4n) is 3.18. The number of carbonyl (C=O) groups excluding carboxylic acids is 1. The van der Waals surface area contributed by atoms with Crippen molar-refractivity contribution in [1.29, 1.82) is 0 Å². The van der Waals surface area contributed by atoms with E-state index in [9.17, 15) is 4.79 Å². The molecular formula is C19H19N5O2S. The zero-order valence-electron chi connectivity index (χ0n) is 14.7. The normalized spacial score (nSPS) is 17.5. The van der Waals surface area contributed by atoms with E-state index in [1.54, 1.807) is 36.0 Å². The van der Waals surface area contributed by atoms with Crippen LogP contribution in [0.25, 0.3) is 17.6 Å². The van der Waals surface area contributed by atoms with E-state index in [2.05, 4.69) is 20.1 Å². The van der Waals surface area contributed by atoms with Crippen LogP contribution < -0.4 is 0 Å². The first-order chi connectivity index (χ1) is 13.3. The van der Waals surface area contributed by atoms with E-state index in [4.69, 9.17) is 4.52 Å². The molecule has 1 atom stereocenters. The first-order valence-electron chi connectivity index (χ1n) is 8.87. The van der Waals surface area contributed by atoms with Gasteiger partial charge in [0.15, 0.2) is 0 Å². The van der Waals surface area contributed by atoms with E-state index in [0.29, 0.717) is 36.3 Å². The van der Waals surface area contributed by atoms with Gasteiger partial charge in [-0.05, 0) is 36.3 Å². The van der Waals surface area contributed by atoms with E-state index >= 15 is 0 Å². The van der Waals surface area contributed by atoms with Crippen molar-refractivity contribution in [3.8, 4) is 11.5 Å². The van der Waals surface area contributed by atoms with Crippen LogP contribution in [0.5, 0.6) is 0 Å². The minimum absolute atomic E-state index is 0.0545. The van der Waals surface area contributed by atoms with Crippen molar-refractivity contribution < 1.29 is 9.32 Å². The van der Waals surface area contributed by atoms with Crippen LogP contribution in [0.2, 0.25) is 0 Å². The Morgan fingerprint density at radius 3 is 3.19 bits per heavy atom. The number of hydrogen-bond donors (Lipinski definition) is 0. The van der Waals surface area contributed by atoms with Crippen LogP contribution >= 0.6 is 11.3 Å². The second-order valence-electron chi connectivity index (χ2n) is 6.45. The molecule has 138 valence electrons. The molecule has 1 aliphatic heterocycles. The SMILES string of the molecule is O=C(/C=C\c1cccs1)N1CCCC(Cc2nc(-c3cnccn3)no2)C1. The molecule has 0 N–H and O–H groups in total. The highest BCUT2D eigenvalue weighted by molar-refractivity contribution is 7.10. The Labute approximate surface area is 160 Å². The standard InChI is InChI=1S/C19H19N5O2S/c25-18(6-5-15-4-2-10-27-15)24-9-1-3-14(13-24)11-17-22-19(23-26-17)16-12-20-7-8-21-16/h2,4-8,10,12,14H,1,3,9,11,13H2/b6-5-. The summed E-state index contributed by atoms with van der Waals surface area (Å²) < 4.78 is 5.37. The van der Waals surface area contributed by atoms with Crippen molar-refractivity contribution in [2.75, 3.05) is 13.1 Å². The number of aromatic nitrogens is 4. The van der Waals surface area contributed by atoms with E-state index in [1.165, 1.54) is 0 Å². The summed E-state index contributed by atoms with van der Waals surface area (Å²) >= 11 is 1.62. The average molecular weight is 381 g/mol. The van der Waals surface area contributed by atoms with Gasteiger partial charge >= 0.3 is 0 Å². The van der Waals surface area contributed by atoms with E-state index in [-0.39, 0.29) is 5.91 Å². The Bertz CT molecular complexity index is 907. The third kappa shape index (κ3) is 4.46. The number of nitrogens with zero attached hydrogens (tertiary/aromatic N) is 5. The van der Waals surface area contributed by atoms with Crippen LogP contribution in [-0.2, 0) is 11.2 Å². The van der Waals surface area contributed by atoms with Crippen molar-refractivity contribution >= 4 is 23.3 Å².